The van der Waals surface area contributed by atoms with Gasteiger partial charge in [-0.1, -0.05) is 24.1 Å². The van der Waals surface area contributed by atoms with Crippen molar-refractivity contribution in [3.63, 3.8) is 0 Å². The van der Waals surface area contributed by atoms with Gasteiger partial charge in [-0.05, 0) is 32.4 Å². The molecule has 0 amide bonds. The Balaban J connectivity index is 2.24. The Labute approximate surface area is 84.3 Å². The maximum absolute atomic E-state index is 13.5. The van der Waals surface area contributed by atoms with Gasteiger partial charge in [0.1, 0.15) is 5.82 Å². The molecule has 1 aliphatic heterocycles. The lowest BCUT2D eigenvalue weighted by atomic mass is 9.96. The molecule has 1 saturated heterocycles. The van der Waals surface area contributed by atoms with Gasteiger partial charge in [0.25, 0.3) is 0 Å². The molecule has 1 fully saturated rings. The summed E-state index contributed by atoms with van der Waals surface area (Å²) in [4.78, 5) is 0. The van der Waals surface area contributed by atoms with E-state index in [2.05, 4.69) is 5.32 Å². The minimum Gasteiger partial charge on any atom is -0.310 e. The summed E-state index contributed by atoms with van der Waals surface area (Å²) in [5.41, 5.74) is 1.97. The monoisotopic (exact) mass is 193 g/mol. The number of aryl methyl sites for hydroxylation is 1. The van der Waals surface area contributed by atoms with Crippen molar-refractivity contribution >= 4 is 0 Å². The van der Waals surface area contributed by atoms with Crippen molar-refractivity contribution in [2.24, 2.45) is 0 Å². The smallest absolute Gasteiger partial charge is 0.127 e. The summed E-state index contributed by atoms with van der Waals surface area (Å²) in [5.74, 6) is -0.0741. The molecule has 1 aliphatic rings. The molecule has 2 heteroatoms. The summed E-state index contributed by atoms with van der Waals surface area (Å²) in [6.07, 6.45) is 3.47. The van der Waals surface area contributed by atoms with Crippen LogP contribution in [0.25, 0.3) is 0 Å². The van der Waals surface area contributed by atoms with Gasteiger partial charge < -0.3 is 5.32 Å². The molecule has 0 aromatic heterocycles. The van der Waals surface area contributed by atoms with E-state index in [1.165, 1.54) is 12.8 Å². The average molecular weight is 193 g/mol. The first kappa shape index (κ1) is 9.66. The SMILES string of the molecule is Cc1ccc(F)c([C@H]2CCCCN2)c1. The Morgan fingerprint density at radius 1 is 1.36 bits per heavy atom. The van der Waals surface area contributed by atoms with Crippen molar-refractivity contribution in [1.82, 2.24) is 5.32 Å². The predicted octanol–water partition coefficient (Wildman–Crippen LogP) is 2.95. The van der Waals surface area contributed by atoms with Gasteiger partial charge in [-0.3, -0.25) is 0 Å². The van der Waals surface area contributed by atoms with Gasteiger partial charge in [0.15, 0.2) is 0 Å². The van der Waals surface area contributed by atoms with Crippen LogP contribution < -0.4 is 5.32 Å². The van der Waals surface area contributed by atoms with E-state index in [9.17, 15) is 4.39 Å². The fourth-order valence-corrected chi connectivity index (χ4v) is 2.05. The number of hydrogen-bond donors (Lipinski definition) is 1. The Hall–Kier alpha value is -0.890. The Morgan fingerprint density at radius 3 is 2.93 bits per heavy atom. The van der Waals surface area contributed by atoms with Crippen LogP contribution >= 0.6 is 0 Å². The van der Waals surface area contributed by atoms with E-state index < -0.39 is 0 Å². The summed E-state index contributed by atoms with van der Waals surface area (Å²) in [6.45, 7) is 3.02. The molecule has 2 rings (SSSR count). The predicted molar refractivity (Wildman–Crippen MR) is 55.7 cm³/mol. The number of benzene rings is 1. The number of halogens is 1. The standard InChI is InChI=1S/C12H16FN/c1-9-5-6-11(13)10(8-9)12-4-2-3-7-14-12/h5-6,8,12,14H,2-4,7H2,1H3/t12-/m1/s1. The van der Waals surface area contributed by atoms with Crippen LogP contribution in [0.1, 0.15) is 36.4 Å². The fraction of sp³-hybridized carbons (Fsp3) is 0.500. The lowest BCUT2D eigenvalue weighted by Crippen LogP contribution is -2.27. The van der Waals surface area contributed by atoms with Gasteiger partial charge in [-0.15, -0.1) is 0 Å². The minimum atomic E-state index is -0.0741. The normalized spacial score (nSPS) is 22.3. The number of nitrogens with one attached hydrogen (secondary N) is 1. The first-order valence-electron chi connectivity index (χ1n) is 5.27. The van der Waals surface area contributed by atoms with E-state index in [-0.39, 0.29) is 11.9 Å². The number of piperidine rings is 1. The second-order valence-corrected chi connectivity index (χ2v) is 4.03. The zero-order chi connectivity index (χ0) is 9.97. The molecule has 0 saturated carbocycles. The zero-order valence-electron chi connectivity index (χ0n) is 8.52. The Bertz CT molecular complexity index is 316. The van der Waals surface area contributed by atoms with E-state index in [0.717, 1.165) is 24.1 Å². The summed E-state index contributed by atoms with van der Waals surface area (Å²) in [6, 6.07) is 5.57. The van der Waals surface area contributed by atoms with Crippen LogP contribution in [0, 0.1) is 12.7 Å². The highest BCUT2D eigenvalue weighted by Gasteiger charge is 2.17. The molecule has 1 atom stereocenters. The third-order valence-electron chi connectivity index (χ3n) is 2.84. The van der Waals surface area contributed by atoms with Crippen LogP contribution in [0.15, 0.2) is 18.2 Å². The molecular formula is C12H16FN. The van der Waals surface area contributed by atoms with Crippen LogP contribution in [-0.4, -0.2) is 6.54 Å². The highest BCUT2D eigenvalue weighted by atomic mass is 19.1. The van der Waals surface area contributed by atoms with E-state index in [1.807, 2.05) is 19.1 Å². The topological polar surface area (TPSA) is 12.0 Å². The molecule has 14 heavy (non-hydrogen) atoms. The highest BCUT2D eigenvalue weighted by molar-refractivity contribution is 5.27. The minimum absolute atomic E-state index is 0.0741. The molecule has 1 N–H and O–H groups in total. The highest BCUT2D eigenvalue weighted by Crippen LogP contribution is 2.25. The summed E-state index contributed by atoms with van der Waals surface area (Å²) in [5, 5.41) is 3.36. The molecular weight excluding hydrogens is 177 g/mol. The van der Waals surface area contributed by atoms with Gasteiger partial charge in [0, 0.05) is 11.6 Å². The van der Waals surface area contributed by atoms with Gasteiger partial charge in [-0.2, -0.15) is 0 Å². The fourth-order valence-electron chi connectivity index (χ4n) is 2.05. The Kier molecular flexibility index (Phi) is 2.82. The largest absolute Gasteiger partial charge is 0.310 e. The first-order valence-corrected chi connectivity index (χ1v) is 5.27. The maximum atomic E-state index is 13.5. The lowest BCUT2D eigenvalue weighted by Gasteiger charge is -2.24. The van der Waals surface area contributed by atoms with Crippen LogP contribution in [0.5, 0.6) is 0 Å². The summed E-state index contributed by atoms with van der Waals surface area (Å²) < 4.78 is 13.5. The average Bonchev–Trinajstić information content (AvgIpc) is 2.23. The van der Waals surface area contributed by atoms with Crippen molar-refractivity contribution in [1.29, 1.82) is 0 Å². The number of hydrogen-bond acceptors (Lipinski definition) is 1. The lowest BCUT2D eigenvalue weighted by molar-refractivity contribution is 0.400. The maximum Gasteiger partial charge on any atom is 0.127 e. The quantitative estimate of drug-likeness (QED) is 0.723. The molecule has 0 aliphatic carbocycles. The molecule has 1 nitrogen and oxygen atoms in total. The van der Waals surface area contributed by atoms with E-state index in [1.54, 1.807) is 6.07 Å². The molecule has 0 bridgehead atoms. The van der Waals surface area contributed by atoms with Crippen LogP contribution in [0.3, 0.4) is 0 Å². The second kappa shape index (κ2) is 4.09. The third-order valence-corrected chi connectivity index (χ3v) is 2.84. The Morgan fingerprint density at radius 2 is 2.21 bits per heavy atom. The van der Waals surface area contributed by atoms with E-state index in [0.29, 0.717) is 0 Å². The van der Waals surface area contributed by atoms with Crippen LogP contribution in [0.4, 0.5) is 4.39 Å². The van der Waals surface area contributed by atoms with Crippen LogP contribution in [0.2, 0.25) is 0 Å². The van der Waals surface area contributed by atoms with E-state index >= 15 is 0 Å². The third kappa shape index (κ3) is 1.95. The van der Waals surface area contributed by atoms with Crippen molar-refractivity contribution in [2.45, 2.75) is 32.2 Å². The van der Waals surface area contributed by atoms with Gasteiger partial charge in [0.05, 0.1) is 0 Å². The van der Waals surface area contributed by atoms with Crippen molar-refractivity contribution < 1.29 is 4.39 Å². The van der Waals surface area contributed by atoms with Crippen molar-refractivity contribution in [3.05, 3.63) is 35.1 Å². The van der Waals surface area contributed by atoms with Crippen molar-refractivity contribution in [2.75, 3.05) is 6.54 Å². The summed E-state index contributed by atoms with van der Waals surface area (Å²) >= 11 is 0. The van der Waals surface area contributed by atoms with Gasteiger partial charge >= 0.3 is 0 Å². The first-order chi connectivity index (χ1) is 6.77. The summed E-state index contributed by atoms with van der Waals surface area (Å²) in [7, 11) is 0. The number of rotatable bonds is 1. The molecule has 1 aromatic rings. The molecule has 76 valence electrons. The van der Waals surface area contributed by atoms with Crippen LogP contribution in [-0.2, 0) is 0 Å². The zero-order valence-corrected chi connectivity index (χ0v) is 8.52. The van der Waals surface area contributed by atoms with Crippen molar-refractivity contribution in [3.8, 4) is 0 Å². The molecule has 0 spiro atoms. The second-order valence-electron chi connectivity index (χ2n) is 4.03. The van der Waals surface area contributed by atoms with E-state index in [4.69, 9.17) is 0 Å². The molecule has 0 unspecified atom stereocenters. The molecule has 1 heterocycles. The molecule has 1 aromatic carbocycles. The molecule has 0 radical (unpaired) electrons. The van der Waals surface area contributed by atoms with Gasteiger partial charge in [-0.25, -0.2) is 4.39 Å². The van der Waals surface area contributed by atoms with Gasteiger partial charge in [0.2, 0.25) is 0 Å².